The molecule has 0 aromatic heterocycles. The zero-order chi connectivity index (χ0) is 15.5. The van der Waals surface area contributed by atoms with Gasteiger partial charge >= 0.3 is 0 Å². The minimum absolute atomic E-state index is 0.103. The molecule has 0 saturated carbocycles. The van der Waals surface area contributed by atoms with Gasteiger partial charge in [0, 0.05) is 24.0 Å². The highest BCUT2D eigenvalue weighted by Gasteiger charge is 2.65. The maximum Gasteiger partial charge on any atom is 0.230 e. The molecule has 1 aromatic rings. The summed E-state index contributed by atoms with van der Waals surface area (Å²) >= 11 is 0. The average Bonchev–Trinajstić information content (AvgIpc) is 3.10. The Bertz CT molecular complexity index is 703. The largest absolute Gasteiger partial charge is 0.550 e. The Kier molecular flexibility index (Phi) is 2.69. The molecule has 3 aliphatic heterocycles. The summed E-state index contributed by atoms with van der Waals surface area (Å²) in [5.74, 6) is -3.73. The summed E-state index contributed by atoms with van der Waals surface area (Å²) in [5, 5.41) is 11.3. The molecule has 5 nitrogen and oxygen atoms in total. The zero-order valence-corrected chi connectivity index (χ0v) is 11.6. The lowest BCUT2D eigenvalue weighted by molar-refractivity contribution is -0.313. The summed E-state index contributed by atoms with van der Waals surface area (Å²) < 4.78 is 19.5. The second-order valence-corrected chi connectivity index (χ2v) is 6.00. The number of hydrogen-bond donors (Lipinski definition) is 0. The molecule has 2 bridgehead atoms. The van der Waals surface area contributed by atoms with Crippen molar-refractivity contribution < 1.29 is 23.8 Å². The lowest BCUT2D eigenvalue weighted by Crippen LogP contribution is -2.45. The third-order valence-corrected chi connectivity index (χ3v) is 4.77. The molecular formula is C16H13FNO4-. The van der Waals surface area contributed by atoms with E-state index in [4.69, 9.17) is 4.74 Å². The van der Waals surface area contributed by atoms with Crippen LogP contribution in [0.5, 0.6) is 0 Å². The van der Waals surface area contributed by atoms with Crippen molar-refractivity contribution in [2.75, 3.05) is 6.54 Å². The van der Waals surface area contributed by atoms with Gasteiger partial charge in [-0.15, -0.1) is 0 Å². The first-order valence-corrected chi connectivity index (χ1v) is 7.12. The van der Waals surface area contributed by atoms with E-state index < -0.39 is 29.5 Å². The van der Waals surface area contributed by atoms with E-state index >= 15 is 0 Å². The van der Waals surface area contributed by atoms with Crippen LogP contribution in [0.15, 0.2) is 36.4 Å². The fourth-order valence-corrected chi connectivity index (χ4v) is 3.81. The van der Waals surface area contributed by atoms with Gasteiger partial charge in [0.1, 0.15) is 11.4 Å². The van der Waals surface area contributed by atoms with Crippen LogP contribution in [-0.4, -0.2) is 35.0 Å². The molecule has 4 rings (SSSR count). The van der Waals surface area contributed by atoms with E-state index in [1.807, 2.05) is 0 Å². The molecule has 3 aliphatic rings. The maximum atomic E-state index is 13.8. The Labute approximate surface area is 126 Å². The number of aliphatic carboxylic acids is 1. The zero-order valence-electron chi connectivity index (χ0n) is 11.6. The van der Waals surface area contributed by atoms with E-state index in [2.05, 4.69) is 0 Å². The molecule has 4 atom stereocenters. The van der Waals surface area contributed by atoms with E-state index in [0.717, 1.165) is 0 Å². The summed E-state index contributed by atoms with van der Waals surface area (Å²) in [6.07, 6.45) is 2.84. The number of carbonyl (C=O) groups is 2. The van der Waals surface area contributed by atoms with E-state index in [-0.39, 0.29) is 24.8 Å². The van der Waals surface area contributed by atoms with Gasteiger partial charge in [0.15, 0.2) is 0 Å². The van der Waals surface area contributed by atoms with Crippen molar-refractivity contribution in [3.63, 3.8) is 0 Å². The smallest absolute Gasteiger partial charge is 0.230 e. The highest BCUT2D eigenvalue weighted by molar-refractivity contribution is 5.90. The predicted octanol–water partition coefficient (Wildman–Crippen LogP) is -0.142. The van der Waals surface area contributed by atoms with Crippen LogP contribution in [0.4, 0.5) is 4.39 Å². The van der Waals surface area contributed by atoms with Gasteiger partial charge in [0.05, 0.1) is 18.6 Å². The predicted molar refractivity (Wildman–Crippen MR) is 70.5 cm³/mol. The van der Waals surface area contributed by atoms with Gasteiger partial charge in [-0.2, -0.15) is 0 Å². The summed E-state index contributed by atoms with van der Waals surface area (Å²) in [5.41, 5.74) is -0.506. The fraction of sp³-hybridized carbons (Fsp3) is 0.375. The molecular weight excluding hydrogens is 289 g/mol. The highest BCUT2D eigenvalue weighted by Crippen LogP contribution is 2.51. The SMILES string of the molecule is O=C([O-])[C@H]1[C@@H]2C=C[C@]3(CN(Cc4ccccc4F)C(=O)[C@@H]13)O2. The van der Waals surface area contributed by atoms with Crippen LogP contribution in [0.2, 0.25) is 0 Å². The van der Waals surface area contributed by atoms with Gasteiger partial charge in [-0.1, -0.05) is 30.4 Å². The van der Waals surface area contributed by atoms with Crippen LogP contribution in [0, 0.1) is 17.7 Å². The van der Waals surface area contributed by atoms with E-state index in [0.29, 0.717) is 5.56 Å². The van der Waals surface area contributed by atoms with Crippen molar-refractivity contribution >= 4 is 11.9 Å². The quantitative estimate of drug-likeness (QED) is 0.729. The molecule has 114 valence electrons. The van der Waals surface area contributed by atoms with Crippen molar-refractivity contribution in [1.82, 2.24) is 4.90 Å². The second kappa shape index (κ2) is 4.39. The summed E-state index contributed by atoms with van der Waals surface area (Å²) in [4.78, 5) is 25.4. The van der Waals surface area contributed by atoms with Crippen molar-refractivity contribution in [1.29, 1.82) is 0 Å². The van der Waals surface area contributed by atoms with Gasteiger partial charge in [-0.25, -0.2) is 4.39 Å². The Morgan fingerprint density at radius 1 is 1.45 bits per heavy atom. The molecule has 2 fully saturated rings. The first kappa shape index (κ1) is 13.5. The van der Waals surface area contributed by atoms with Crippen LogP contribution in [0.3, 0.4) is 0 Å². The van der Waals surface area contributed by atoms with Gasteiger partial charge in [-0.3, -0.25) is 4.79 Å². The lowest BCUT2D eigenvalue weighted by atomic mass is 9.77. The van der Waals surface area contributed by atoms with Crippen molar-refractivity contribution in [3.8, 4) is 0 Å². The minimum Gasteiger partial charge on any atom is -0.550 e. The molecule has 0 unspecified atom stereocenters. The molecule has 0 N–H and O–H groups in total. The second-order valence-electron chi connectivity index (χ2n) is 6.00. The summed E-state index contributed by atoms with van der Waals surface area (Å²) in [6, 6.07) is 6.22. The average molecular weight is 302 g/mol. The van der Waals surface area contributed by atoms with Crippen LogP contribution in [0.1, 0.15) is 5.56 Å². The number of hydrogen-bond acceptors (Lipinski definition) is 4. The van der Waals surface area contributed by atoms with Crippen LogP contribution < -0.4 is 5.11 Å². The molecule has 1 amide bonds. The molecule has 2 saturated heterocycles. The van der Waals surface area contributed by atoms with E-state index in [9.17, 15) is 19.1 Å². The lowest BCUT2D eigenvalue weighted by Gasteiger charge is -2.24. The third-order valence-electron chi connectivity index (χ3n) is 4.77. The van der Waals surface area contributed by atoms with Crippen molar-refractivity contribution in [2.24, 2.45) is 11.8 Å². The van der Waals surface area contributed by atoms with Crippen LogP contribution >= 0.6 is 0 Å². The standard InChI is InChI=1S/C16H14FNO4/c17-10-4-2-1-3-9(10)7-18-8-16-6-5-11(22-16)12(15(20)21)13(16)14(18)19/h1-6,11-13H,7-8H2,(H,20,21)/p-1/t11-,12-,13+,16+/m0/s1. The van der Waals surface area contributed by atoms with Gasteiger partial charge < -0.3 is 19.5 Å². The van der Waals surface area contributed by atoms with E-state index in [1.54, 1.807) is 30.4 Å². The van der Waals surface area contributed by atoms with Crippen LogP contribution in [0.25, 0.3) is 0 Å². The maximum absolute atomic E-state index is 13.8. The fourth-order valence-electron chi connectivity index (χ4n) is 3.81. The first-order chi connectivity index (χ1) is 10.5. The van der Waals surface area contributed by atoms with Gasteiger partial charge in [0.2, 0.25) is 5.91 Å². The summed E-state index contributed by atoms with van der Waals surface area (Å²) in [7, 11) is 0. The normalized spacial score (nSPS) is 35.2. The monoisotopic (exact) mass is 302 g/mol. The third kappa shape index (κ3) is 1.67. The number of fused-ring (bicyclic) bond motifs is 1. The molecule has 3 heterocycles. The number of carbonyl (C=O) groups excluding carboxylic acids is 2. The van der Waals surface area contributed by atoms with Crippen LogP contribution in [-0.2, 0) is 20.9 Å². The highest BCUT2D eigenvalue weighted by atomic mass is 19.1. The number of nitrogens with zero attached hydrogens (tertiary/aromatic N) is 1. The Hall–Kier alpha value is -2.21. The number of halogens is 1. The Balaban J connectivity index is 1.64. The number of carboxylic acids is 1. The van der Waals surface area contributed by atoms with Gasteiger partial charge in [-0.05, 0) is 6.07 Å². The number of likely N-dealkylation sites (tertiary alicyclic amines) is 1. The molecule has 0 aliphatic carbocycles. The number of carboxylic acid groups (broad SMARTS) is 1. The molecule has 22 heavy (non-hydrogen) atoms. The van der Waals surface area contributed by atoms with Crippen molar-refractivity contribution in [3.05, 3.63) is 47.8 Å². The molecule has 0 radical (unpaired) electrons. The molecule has 6 heteroatoms. The molecule has 1 spiro atoms. The molecule has 1 aromatic carbocycles. The van der Waals surface area contributed by atoms with Gasteiger partial charge in [0.25, 0.3) is 0 Å². The number of rotatable bonds is 3. The number of ether oxygens (including phenoxy) is 1. The van der Waals surface area contributed by atoms with Crippen molar-refractivity contribution in [2.45, 2.75) is 18.2 Å². The van der Waals surface area contributed by atoms with E-state index in [1.165, 1.54) is 11.0 Å². The summed E-state index contributed by atoms with van der Waals surface area (Å²) in [6.45, 7) is 0.340. The number of benzene rings is 1. The topological polar surface area (TPSA) is 69.7 Å². The first-order valence-electron chi connectivity index (χ1n) is 7.12. The Morgan fingerprint density at radius 2 is 2.23 bits per heavy atom. The number of amides is 1. The Morgan fingerprint density at radius 3 is 2.95 bits per heavy atom. The minimum atomic E-state index is -1.28.